The second kappa shape index (κ2) is 16.7. The first-order chi connectivity index (χ1) is 22.5. The van der Waals surface area contributed by atoms with Gasteiger partial charge in [-0.05, 0) is 67.4 Å². The van der Waals surface area contributed by atoms with Crippen molar-refractivity contribution in [1.82, 2.24) is 10.2 Å². The molecule has 4 aromatic rings. The number of sulfonamides is 1. The molecule has 0 saturated carbocycles. The van der Waals surface area contributed by atoms with Gasteiger partial charge in [0.1, 0.15) is 18.3 Å². The van der Waals surface area contributed by atoms with Crippen molar-refractivity contribution >= 4 is 50.7 Å². The number of carbonyl (C=O) groups is 2. The number of hydrogen-bond acceptors (Lipinski definition) is 5. The van der Waals surface area contributed by atoms with Crippen LogP contribution in [0.5, 0.6) is 5.75 Å². The third-order valence-corrected chi connectivity index (χ3v) is 10.2. The van der Waals surface area contributed by atoms with Gasteiger partial charge in [-0.2, -0.15) is 0 Å². The maximum Gasteiger partial charge on any atom is 0.264 e. The van der Waals surface area contributed by atoms with Gasteiger partial charge in [0.05, 0.1) is 17.7 Å². The lowest BCUT2D eigenvalue weighted by Crippen LogP contribution is -2.53. The number of rotatable bonds is 15. The minimum absolute atomic E-state index is 0.0190. The van der Waals surface area contributed by atoms with Crippen LogP contribution in [0.2, 0.25) is 10.0 Å². The lowest BCUT2D eigenvalue weighted by atomic mass is 10.0. The molecule has 1 N–H and O–H groups in total. The van der Waals surface area contributed by atoms with Gasteiger partial charge >= 0.3 is 0 Å². The maximum absolute atomic E-state index is 14.6. The van der Waals surface area contributed by atoms with Gasteiger partial charge in [0.2, 0.25) is 11.8 Å². The van der Waals surface area contributed by atoms with Crippen LogP contribution in [0.25, 0.3) is 0 Å². The Morgan fingerprint density at radius 3 is 2.11 bits per heavy atom. The SMILES string of the molecule is CCCCNC(=O)C(Cc1ccccc1)N(Cc1c(Cl)cccc1Cl)C(=O)CN(c1ccc(OC)cc1)S(=O)(=O)c1ccc(C)cc1. The van der Waals surface area contributed by atoms with E-state index in [-0.39, 0.29) is 29.5 Å². The summed E-state index contributed by atoms with van der Waals surface area (Å²) in [5, 5.41) is 3.61. The van der Waals surface area contributed by atoms with Crippen LogP contribution in [0.1, 0.15) is 36.5 Å². The van der Waals surface area contributed by atoms with E-state index in [4.69, 9.17) is 27.9 Å². The number of carbonyl (C=O) groups excluding carboxylic acids is 2. The number of hydrogen-bond donors (Lipinski definition) is 1. The Labute approximate surface area is 287 Å². The Kier molecular flexibility index (Phi) is 12.7. The van der Waals surface area contributed by atoms with Crippen LogP contribution in [0.3, 0.4) is 0 Å². The minimum atomic E-state index is -4.24. The lowest BCUT2D eigenvalue weighted by molar-refractivity contribution is -0.140. The third kappa shape index (κ3) is 9.28. The predicted octanol–water partition coefficient (Wildman–Crippen LogP) is 7.06. The van der Waals surface area contributed by atoms with Crippen LogP contribution in [-0.4, -0.2) is 51.4 Å². The Morgan fingerprint density at radius 2 is 1.51 bits per heavy atom. The lowest BCUT2D eigenvalue weighted by Gasteiger charge is -2.34. The van der Waals surface area contributed by atoms with Crippen LogP contribution in [-0.2, 0) is 32.6 Å². The van der Waals surface area contributed by atoms with Crippen molar-refractivity contribution in [3.05, 3.63) is 124 Å². The number of ether oxygens (including phenoxy) is 1. The van der Waals surface area contributed by atoms with Crippen molar-refractivity contribution in [3.63, 3.8) is 0 Å². The van der Waals surface area contributed by atoms with Crippen LogP contribution < -0.4 is 14.4 Å². The van der Waals surface area contributed by atoms with E-state index in [9.17, 15) is 18.0 Å². The summed E-state index contributed by atoms with van der Waals surface area (Å²) in [6.45, 7) is 3.58. The second-order valence-corrected chi connectivity index (χ2v) is 13.8. The zero-order valence-corrected chi connectivity index (χ0v) is 29.0. The molecule has 4 aromatic carbocycles. The summed E-state index contributed by atoms with van der Waals surface area (Å²) >= 11 is 13.2. The summed E-state index contributed by atoms with van der Waals surface area (Å²) in [5.41, 5.74) is 2.41. The molecule has 0 fully saturated rings. The normalized spacial score (nSPS) is 11.9. The highest BCUT2D eigenvalue weighted by atomic mass is 35.5. The van der Waals surface area contributed by atoms with Crippen molar-refractivity contribution in [1.29, 1.82) is 0 Å². The van der Waals surface area contributed by atoms with Crippen LogP contribution in [0.4, 0.5) is 5.69 Å². The average molecular weight is 697 g/mol. The second-order valence-electron chi connectivity index (χ2n) is 11.1. The fourth-order valence-electron chi connectivity index (χ4n) is 5.03. The molecule has 47 heavy (non-hydrogen) atoms. The zero-order valence-electron chi connectivity index (χ0n) is 26.7. The number of aryl methyl sites for hydroxylation is 1. The first kappa shape index (κ1) is 35.8. The molecule has 248 valence electrons. The van der Waals surface area contributed by atoms with E-state index in [1.165, 1.54) is 24.1 Å². The monoisotopic (exact) mass is 695 g/mol. The van der Waals surface area contributed by atoms with Crippen molar-refractivity contribution < 1.29 is 22.7 Å². The molecule has 8 nitrogen and oxygen atoms in total. The molecule has 0 aliphatic rings. The van der Waals surface area contributed by atoms with Crippen LogP contribution >= 0.6 is 23.2 Å². The van der Waals surface area contributed by atoms with E-state index in [2.05, 4.69) is 5.32 Å². The summed E-state index contributed by atoms with van der Waals surface area (Å²) in [7, 11) is -2.73. The first-order valence-corrected chi connectivity index (χ1v) is 17.5. The number of nitrogens with one attached hydrogen (secondary N) is 1. The maximum atomic E-state index is 14.6. The molecule has 0 bridgehead atoms. The average Bonchev–Trinajstić information content (AvgIpc) is 3.07. The molecule has 0 aliphatic carbocycles. The predicted molar refractivity (Wildman–Crippen MR) is 188 cm³/mol. The van der Waals surface area contributed by atoms with Gasteiger partial charge in [-0.15, -0.1) is 0 Å². The van der Waals surface area contributed by atoms with E-state index in [0.29, 0.717) is 27.9 Å². The van der Waals surface area contributed by atoms with E-state index in [1.807, 2.05) is 44.2 Å². The first-order valence-electron chi connectivity index (χ1n) is 15.3. The van der Waals surface area contributed by atoms with Gasteiger partial charge < -0.3 is 15.0 Å². The van der Waals surface area contributed by atoms with E-state index in [0.717, 1.165) is 28.3 Å². The number of methoxy groups -OCH3 is 1. The number of anilines is 1. The van der Waals surface area contributed by atoms with Gasteiger partial charge in [-0.25, -0.2) is 8.42 Å². The molecular weight excluding hydrogens is 657 g/mol. The summed E-state index contributed by atoms with van der Waals surface area (Å²) in [6.07, 6.45) is 1.81. The van der Waals surface area contributed by atoms with Crippen LogP contribution in [0, 0.1) is 6.92 Å². The number of nitrogens with zero attached hydrogens (tertiary/aromatic N) is 2. The highest BCUT2D eigenvalue weighted by molar-refractivity contribution is 7.92. The topological polar surface area (TPSA) is 96.0 Å². The van der Waals surface area contributed by atoms with Crippen molar-refractivity contribution in [2.24, 2.45) is 0 Å². The fraction of sp³-hybridized carbons (Fsp3) is 0.278. The molecule has 4 rings (SSSR count). The molecule has 0 saturated heterocycles. The summed E-state index contributed by atoms with van der Waals surface area (Å²) < 4.78 is 34.7. The third-order valence-electron chi connectivity index (χ3n) is 7.74. The largest absolute Gasteiger partial charge is 0.497 e. The number of unbranched alkanes of at least 4 members (excludes halogenated alkanes) is 1. The molecular formula is C36H39Cl2N3O5S. The van der Waals surface area contributed by atoms with E-state index in [1.54, 1.807) is 54.6 Å². The molecule has 2 amide bonds. The van der Waals surface area contributed by atoms with Crippen molar-refractivity contribution in [2.75, 3.05) is 24.5 Å². The van der Waals surface area contributed by atoms with Crippen LogP contribution in [0.15, 0.2) is 102 Å². The number of amides is 2. The van der Waals surface area contributed by atoms with Gasteiger partial charge in [0.15, 0.2) is 0 Å². The van der Waals surface area contributed by atoms with Crippen molar-refractivity contribution in [2.45, 2.75) is 50.6 Å². The number of halogens is 2. The molecule has 0 radical (unpaired) electrons. The Morgan fingerprint density at radius 1 is 0.872 bits per heavy atom. The fourth-order valence-corrected chi connectivity index (χ4v) is 6.96. The highest BCUT2D eigenvalue weighted by Gasteiger charge is 2.35. The molecule has 1 atom stereocenters. The van der Waals surface area contributed by atoms with E-state index >= 15 is 0 Å². The van der Waals surface area contributed by atoms with Gasteiger partial charge in [0.25, 0.3) is 10.0 Å². The zero-order chi connectivity index (χ0) is 34.0. The number of benzene rings is 4. The van der Waals surface area contributed by atoms with Gasteiger partial charge in [0, 0.05) is 35.1 Å². The Hall–Kier alpha value is -4.05. The highest BCUT2D eigenvalue weighted by Crippen LogP contribution is 2.30. The summed E-state index contributed by atoms with van der Waals surface area (Å²) in [4.78, 5) is 29.9. The molecule has 0 spiro atoms. The molecule has 11 heteroatoms. The Balaban J connectivity index is 1.82. The standard InChI is InChI=1S/C36H39Cl2N3O5S/c1-4-5-22-39-36(43)34(23-27-10-7-6-8-11-27)40(24-31-32(37)12-9-13-33(31)38)35(42)25-41(28-16-18-29(46-3)19-17-28)47(44,45)30-20-14-26(2)15-21-30/h6-21,34H,4-5,22-25H2,1-3H3,(H,39,43). The van der Waals surface area contributed by atoms with Gasteiger partial charge in [-0.1, -0.05) is 90.6 Å². The summed E-state index contributed by atoms with van der Waals surface area (Å²) in [6, 6.07) is 26.2. The van der Waals surface area contributed by atoms with Gasteiger partial charge in [-0.3, -0.25) is 13.9 Å². The van der Waals surface area contributed by atoms with E-state index < -0.39 is 28.5 Å². The molecule has 0 aromatic heterocycles. The minimum Gasteiger partial charge on any atom is -0.497 e. The molecule has 0 aliphatic heterocycles. The smallest absolute Gasteiger partial charge is 0.264 e. The quantitative estimate of drug-likeness (QED) is 0.134. The summed E-state index contributed by atoms with van der Waals surface area (Å²) in [5.74, 6) is -0.454. The molecule has 0 heterocycles. The Bertz CT molecular complexity index is 1730. The molecule has 1 unspecified atom stereocenters. The van der Waals surface area contributed by atoms with Crippen molar-refractivity contribution in [3.8, 4) is 5.75 Å².